The molecule has 0 aromatic heterocycles. The molecule has 0 aliphatic heterocycles. The van der Waals surface area contributed by atoms with Crippen molar-refractivity contribution in [1.29, 1.82) is 0 Å². The van der Waals surface area contributed by atoms with Gasteiger partial charge < -0.3 is 15.6 Å². The number of nitrogens with zero attached hydrogens (tertiary/aromatic N) is 1. The van der Waals surface area contributed by atoms with E-state index in [1.54, 1.807) is 12.1 Å². The molecule has 3 N–H and O–H groups in total. The lowest BCUT2D eigenvalue weighted by molar-refractivity contribution is -0.385. The summed E-state index contributed by atoms with van der Waals surface area (Å²) in [6.45, 7) is 0.134. The van der Waals surface area contributed by atoms with Crippen molar-refractivity contribution in [3.8, 4) is 5.75 Å². The van der Waals surface area contributed by atoms with Crippen LogP contribution in [0.15, 0.2) is 18.2 Å². The smallest absolute Gasteiger partial charge is 0.311 e. The molecule has 6 nitrogen and oxygen atoms in total. The summed E-state index contributed by atoms with van der Waals surface area (Å²) in [6, 6.07) is 4.47. The van der Waals surface area contributed by atoms with Crippen LogP contribution in [0, 0.1) is 10.1 Å². The molecule has 0 amide bonds. The summed E-state index contributed by atoms with van der Waals surface area (Å²) in [5.74, 6) is 0.228. The number of unbranched alkanes of at least 4 members (excludes halogenated alkanes) is 1. The quantitative estimate of drug-likeness (QED) is 0.439. The zero-order chi connectivity index (χ0) is 13.5. The summed E-state index contributed by atoms with van der Waals surface area (Å²) in [4.78, 5) is 10.4. The molecule has 1 atom stereocenters. The molecular weight excluding hydrogens is 236 g/mol. The number of aliphatic hydroxyl groups is 1. The van der Waals surface area contributed by atoms with Crippen LogP contribution in [0.4, 0.5) is 5.69 Å². The Balaban J connectivity index is 2.83. The first kappa shape index (κ1) is 14.4. The van der Waals surface area contributed by atoms with Gasteiger partial charge in [0, 0.05) is 18.7 Å². The normalized spacial score (nSPS) is 12.2. The highest BCUT2D eigenvalue weighted by Gasteiger charge is 2.17. The molecule has 0 saturated carbocycles. The van der Waals surface area contributed by atoms with Crippen molar-refractivity contribution < 1.29 is 14.8 Å². The third kappa shape index (κ3) is 3.68. The monoisotopic (exact) mass is 254 g/mol. The number of rotatable bonds is 7. The third-order valence-corrected chi connectivity index (χ3v) is 2.75. The molecule has 0 fully saturated rings. The van der Waals surface area contributed by atoms with E-state index in [0.29, 0.717) is 18.4 Å². The number of hydrogen-bond donors (Lipinski definition) is 2. The highest BCUT2D eigenvalue weighted by Crippen LogP contribution is 2.30. The van der Waals surface area contributed by atoms with E-state index in [-0.39, 0.29) is 24.1 Å². The number of methoxy groups -OCH3 is 1. The molecule has 18 heavy (non-hydrogen) atoms. The largest absolute Gasteiger partial charge is 0.490 e. The summed E-state index contributed by atoms with van der Waals surface area (Å²) in [6.07, 6.45) is 2.16. The Labute approximate surface area is 106 Å². The molecule has 1 aromatic carbocycles. The Kier molecular flexibility index (Phi) is 5.54. The van der Waals surface area contributed by atoms with Gasteiger partial charge in [-0.1, -0.05) is 6.07 Å². The maximum Gasteiger partial charge on any atom is 0.311 e. The maximum absolute atomic E-state index is 10.9. The van der Waals surface area contributed by atoms with E-state index < -0.39 is 4.92 Å². The van der Waals surface area contributed by atoms with Gasteiger partial charge in [-0.25, -0.2) is 0 Å². The van der Waals surface area contributed by atoms with Gasteiger partial charge in [0.05, 0.1) is 12.0 Å². The average molecular weight is 254 g/mol. The van der Waals surface area contributed by atoms with Crippen molar-refractivity contribution >= 4 is 5.69 Å². The number of hydrogen-bond acceptors (Lipinski definition) is 5. The third-order valence-electron chi connectivity index (χ3n) is 2.75. The molecule has 6 heteroatoms. The van der Waals surface area contributed by atoms with Crippen molar-refractivity contribution in [3.63, 3.8) is 0 Å². The zero-order valence-electron chi connectivity index (χ0n) is 10.3. The number of ether oxygens (including phenoxy) is 1. The fourth-order valence-corrected chi connectivity index (χ4v) is 1.72. The summed E-state index contributed by atoms with van der Waals surface area (Å²) in [5.41, 5.74) is 6.58. The number of nitro benzene ring substituents is 1. The highest BCUT2D eigenvalue weighted by atomic mass is 16.6. The van der Waals surface area contributed by atoms with Crippen LogP contribution in [0.1, 0.15) is 30.9 Å². The summed E-state index contributed by atoms with van der Waals surface area (Å²) < 4.78 is 4.92. The maximum atomic E-state index is 10.9. The lowest BCUT2D eigenvalue weighted by Crippen LogP contribution is -2.11. The lowest BCUT2D eigenvalue weighted by atomic mass is 10.0. The second-order valence-electron chi connectivity index (χ2n) is 4.01. The fraction of sp³-hybridized carbons (Fsp3) is 0.500. The zero-order valence-corrected chi connectivity index (χ0v) is 10.3. The number of aliphatic hydroxyl groups excluding tert-OH is 1. The Morgan fingerprint density at radius 3 is 2.78 bits per heavy atom. The van der Waals surface area contributed by atoms with Gasteiger partial charge in [0.2, 0.25) is 0 Å². The first-order valence-corrected chi connectivity index (χ1v) is 5.79. The second-order valence-corrected chi connectivity index (χ2v) is 4.01. The van der Waals surface area contributed by atoms with Crippen molar-refractivity contribution in [2.45, 2.75) is 25.3 Å². The van der Waals surface area contributed by atoms with Gasteiger partial charge in [-0.15, -0.1) is 0 Å². The first-order chi connectivity index (χ1) is 8.60. The topological polar surface area (TPSA) is 98.6 Å². The molecule has 0 saturated heterocycles. The van der Waals surface area contributed by atoms with Gasteiger partial charge in [0.25, 0.3) is 0 Å². The lowest BCUT2D eigenvalue weighted by Gasteiger charge is -2.12. The van der Waals surface area contributed by atoms with E-state index in [1.165, 1.54) is 13.2 Å². The molecular formula is C12H18N2O4. The number of nitrogens with two attached hydrogens (primary N) is 1. The van der Waals surface area contributed by atoms with Crippen LogP contribution < -0.4 is 10.5 Å². The first-order valence-electron chi connectivity index (χ1n) is 5.79. The SMILES string of the molecule is COc1ccc(C(N)CCCCO)cc1[N+](=O)[O-]. The van der Waals surface area contributed by atoms with Crippen LogP contribution in [0.3, 0.4) is 0 Å². The minimum Gasteiger partial charge on any atom is -0.490 e. The second kappa shape index (κ2) is 6.93. The minimum absolute atomic E-state index is 0.0763. The Morgan fingerprint density at radius 2 is 2.22 bits per heavy atom. The summed E-state index contributed by atoms with van der Waals surface area (Å²) in [5, 5.41) is 19.6. The van der Waals surface area contributed by atoms with Crippen LogP contribution in [-0.4, -0.2) is 23.7 Å². The Bertz CT molecular complexity index is 409. The molecule has 0 radical (unpaired) electrons. The highest BCUT2D eigenvalue weighted by molar-refractivity contribution is 5.49. The van der Waals surface area contributed by atoms with E-state index in [1.807, 2.05) is 0 Å². The van der Waals surface area contributed by atoms with E-state index in [0.717, 1.165) is 6.42 Å². The number of benzene rings is 1. The molecule has 1 rings (SSSR count). The molecule has 0 spiro atoms. The average Bonchev–Trinajstić information content (AvgIpc) is 2.38. The number of nitro groups is 1. The van der Waals surface area contributed by atoms with Gasteiger partial charge in [-0.05, 0) is 30.9 Å². The summed E-state index contributed by atoms with van der Waals surface area (Å²) in [7, 11) is 1.39. The predicted octanol–water partition coefficient (Wildman–Crippen LogP) is 1.77. The van der Waals surface area contributed by atoms with Gasteiger partial charge in [0.1, 0.15) is 0 Å². The van der Waals surface area contributed by atoms with E-state index in [2.05, 4.69) is 0 Å². The fourth-order valence-electron chi connectivity index (χ4n) is 1.72. The van der Waals surface area contributed by atoms with Crippen molar-refractivity contribution in [2.24, 2.45) is 5.73 Å². The van der Waals surface area contributed by atoms with Crippen LogP contribution >= 0.6 is 0 Å². The van der Waals surface area contributed by atoms with Gasteiger partial charge in [-0.3, -0.25) is 10.1 Å². The predicted molar refractivity (Wildman–Crippen MR) is 67.5 cm³/mol. The molecule has 0 aliphatic rings. The van der Waals surface area contributed by atoms with Crippen LogP contribution in [0.5, 0.6) is 5.75 Å². The Hall–Kier alpha value is -1.66. The van der Waals surface area contributed by atoms with Crippen molar-refractivity contribution in [3.05, 3.63) is 33.9 Å². The van der Waals surface area contributed by atoms with Crippen LogP contribution in [0.2, 0.25) is 0 Å². The van der Waals surface area contributed by atoms with E-state index in [9.17, 15) is 10.1 Å². The minimum atomic E-state index is -0.483. The van der Waals surface area contributed by atoms with E-state index >= 15 is 0 Å². The van der Waals surface area contributed by atoms with Crippen molar-refractivity contribution in [1.82, 2.24) is 0 Å². The summed E-state index contributed by atoms with van der Waals surface area (Å²) >= 11 is 0. The van der Waals surface area contributed by atoms with Gasteiger partial charge in [0.15, 0.2) is 5.75 Å². The molecule has 1 aromatic rings. The molecule has 0 aliphatic carbocycles. The Morgan fingerprint density at radius 1 is 1.50 bits per heavy atom. The van der Waals surface area contributed by atoms with Gasteiger partial charge >= 0.3 is 5.69 Å². The molecule has 0 bridgehead atoms. The van der Waals surface area contributed by atoms with Crippen molar-refractivity contribution in [2.75, 3.05) is 13.7 Å². The standard InChI is InChI=1S/C12H18N2O4/c1-18-12-6-5-9(8-11(12)14(16)17)10(13)4-2-3-7-15/h5-6,8,10,15H,2-4,7,13H2,1H3. The van der Waals surface area contributed by atoms with Gasteiger partial charge in [-0.2, -0.15) is 0 Å². The molecule has 0 heterocycles. The molecule has 1 unspecified atom stereocenters. The molecule has 100 valence electrons. The van der Waals surface area contributed by atoms with Crippen LogP contribution in [0.25, 0.3) is 0 Å². The van der Waals surface area contributed by atoms with E-state index in [4.69, 9.17) is 15.6 Å². The van der Waals surface area contributed by atoms with Crippen LogP contribution in [-0.2, 0) is 0 Å².